The monoisotopic (exact) mass is 634 g/mol. The van der Waals surface area contributed by atoms with Crippen LogP contribution in [-0.2, 0) is 16.1 Å². The second-order valence-corrected chi connectivity index (χ2v) is 12.6. The Morgan fingerprint density at radius 2 is 1.89 bits per heavy atom. The summed E-state index contributed by atoms with van der Waals surface area (Å²) in [5.41, 5.74) is -0.252. The van der Waals surface area contributed by atoms with Gasteiger partial charge in [-0.25, -0.2) is 15.0 Å². The molecule has 1 aliphatic carbocycles. The summed E-state index contributed by atoms with van der Waals surface area (Å²) in [5.74, 6) is -2.33. The van der Waals surface area contributed by atoms with E-state index in [2.05, 4.69) is 27.1 Å². The average Bonchev–Trinajstić information content (AvgIpc) is 3.62. The van der Waals surface area contributed by atoms with Crippen LogP contribution in [0, 0.1) is 11.8 Å². The molecule has 2 aliphatic heterocycles. The smallest absolute Gasteiger partial charge is 0.419 e. The number of halogens is 3. The van der Waals surface area contributed by atoms with Crippen LogP contribution in [0.5, 0.6) is 0 Å². The number of rotatable bonds is 9. The van der Waals surface area contributed by atoms with Crippen molar-refractivity contribution in [2.24, 2.45) is 11.8 Å². The van der Waals surface area contributed by atoms with Crippen molar-refractivity contribution in [2.75, 3.05) is 37.0 Å². The number of thiazole rings is 1. The molecule has 4 heterocycles. The number of aromatic nitrogens is 3. The Kier molecular flexibility index (Phi) is 9.59. The number of likely N-dealkylation sites (tertiary alicyclic amines) is 1. The van der Waals surface area contributed by atoms with Crippen molar-refractivity contribution < 1.29 is 32.6 Å². The standard InChI is InChI=1S/C30H37F3N6O4S/c1-4-19-6-5-9-39(19)16-24-26(20-13-21(30(31,32)33)23(43-3)12-17(20)2)36-29(44-24)37-27(40)22-14-35-25(15-34-22)38-10-7-18(8-11-38)28(41)42/h12-15,17-20H,4-11,16H2,1-3H3,(H,41,42)(H,36,37,40)/t17?,19-,20?/m1/s1. The molecule has 0 saturated carbocycles. The zero-order chi connectivity index (χ0) is 31.6. The molecule has 0 bridgehead atoms. The number of carbonyl (C=O) groups excluding carboxylic acids is 1. The van der Waals surface area contributed by atoms with E-state index in [4.69, 9.17) is 9.72 Å². The number of hydrogen-bond donors (Lipinski definition) is 2. The van der Waals surface area contributed by atoms with E-state index in [-0.39, 0.29) is 28.4 Å². The number of hydrogen-bond acceptors (Lipinski definition) is 9. The normalized spacial score (nSPS) is 23.3. The number of ether oxygens (including phenoxy) is 1. The van der Waals surface area contributed by atoms with Crippen LogP contribution in [0.4, 0.5) is 24.1 Å². The molecule has 10 nitrogen and oxygen atoms in total. The molecule has 2 unspecified atom stereocenters. The molecule has 1 amide bonds. The van der Waals surface area contributed by atoms with Gasteiger partial charge < -0.3 is 14.7 Å². The lowest BCUT2D eigenvalue weighted by Crippen LogP contribution is -2.36. The van der Waals surface area contributed by atoms with Crippen molar-refractivity contribution in [3.05, 3.63) is 52.1 Å². The van der Waals surface area contributed by atoms with Gasteiger partial charge in [-0.15, -0.1) is 11.3 Å². The van der Waals surface area contributed by atoms with Gasteiger partial charge in [0, 0.05) is 36.5 Å². The van der Waals surface area contributed by atoms with Crippen molar-refractivity contribution in [1.82, 2.24) is 19.9 Å². The minimum absolute atomic E-state index is 0.0658. The van der Waals surface area contributed by atoms with Gasteiger partial charge in [0.25, 0.3) is 5.91 Å². The lowest BCUT2D eigenvalue weighted by atomic mass is 9.83. The largest absolute Gasteiger partial charge is 0.496 e. The number of carboxylic acid groups (broad SMARTS) is 1. The van der Waals surface area contributed by atoms with Gasteiger partial charge in [-0.2, -0.15) is 13.2 Å². The number of nitrogens with zero attached hydrogens (tertiary/aromatic N) is 5. The van der Waals surface area contributed by atoms with Gasteiger partial charge in [0.1, 0.15) is 17.3 Å². The third-order valence-electron chi connectivity index (χ3n) is 8.74. The first-order chi connectivity index (χ1) is 21.0. The summed E-state index contributed by atoms with van der Waals surface area (Å²) in [4.78, 5) is 42.8. The van der Waals surface area contributed by atoms with E-state index in [9.17, 15) is 27.9 Å². The molecule has 3 atom stereocenters. The summed E-state index contributed by atoms with van der Waals surface area (Å²) < 4.78 is 47.0. The third-order valence-corrected chi connectivity index (χ3v) is 9.71. The summed E-state index contributed by atoms with van der Waals surface area (Å²) in [6.07, 6.45) is 5.04. The molecule has 2 aromatic heterocycles. The highest BCUT2D eigenvalue weighted by Gasteiger charge is 2.41. The molecule has 44 heavy (non-hydrogen) atoms. The Bertz CT molecular complexity index is 1420. The second kappa shape index (κ2) is 13.2. The molecule has 0 radical (unpaired) electrons. The van der Waals surface area contributed by atoms with Gasteiger partial charge in [0.15, 0.2) is 5.13 Å². The number of aliphatic carboxylic acids is 1. The Balaban J connectivity index is 1.37. The van der Waals surface area contributed by atoms with E-state index in [0.29, 0.717) is 50.0 Å². The van der Waals surface area contributed by atoms with Gasteiger partial charge in [0.05, 0.1) is 36.7 Å². The quantitative estimate of drug-likeness (QED) is 0.363. The van der Waals surface area contributed by atoms with Crippen LogP contribution >= 0.6 is 11.3 Å². The summed E-state index contributed by atoms with van der Waals surface area (Å²) >= 11 is 1.27. The molecular weight excluding hydrogens is 597 g/mol. The van der Waals surface area contributed by atoms with Crippen LogP contribution in [-0.4, -0.2) is 75.8 Å². The minimum atomic E-state index is -4.59. The maximum Gasteiger partial charge on any atom is 0.419 e. The Labute approximate surface area is 258 Å². The predicted molar refractivity (Wildman–Crippen MR) is 160 cm³/mol. The molecule has 2 N–H and O–H groups in total. The minimum Gasteiger partial charge on any atom is -0.496 e. The Morgan fingerprint density at radius 3 is 2.50 bits per heavy atom. The first kappa shape index (κ1) is 31.9. The van der Waals surface area contributed by atoms with E-state index in [1.54, 1.807) is 0 Å². The van der Waals surface area contributed by atoms with E-state index in [1.807, 2.05) is 11.8 Å². The molecule has 5 rings (SSSR count). The Morgan fingerprint density at radius 1 is 1.14 bits per heavy atom. The highest BCUT2D eigenvalue weighted by Crippen LogP contribution is 2.44. The van der Waals surface area contributed by atoms with Crippen molar-refractivity contribution in [3.63, 3.8) is 0 Å². The maximum absolute atomic E-state index is 14.0. The molecule has 2 fully saturated rings. The fourth-order valence-corrected chi connectivity index (χ4v) is 7.28. The number of carboxylic acids is 1. The van der Waals surface area contributed by atoms with Crippen LogP contribution < -0.4 is 10.2 Å². The van der Waals surface area contributed by atoms with Crippen LogP contribution in [0.1, 0.15) is 72.9 Å². The van der Waals surface area contributed by atoms with Gasteiger partial charge in [0.2, 0.25) is 0 Å². The van der Waals surface area contributed by atoms with Crippen LogP contribution in [0.2, 0.25) is 0 Å². The highest BCUT2D eigenvalue weighted by atomic mass is 32.1. The number of nitrogens with one attached hydrogen (secondary N) is 1. The molecule has 2 saturated heterocycles. The number of methoxy groups -OCH3 is 1. The van der Waals surface area contributed by atoms with Crippen LogP contribution in [0.3, 0.4) is 0 Å². The van der Waals surface area contributed by atoms with Crippen molar-refractivity contribution in [1.29, 1.82) is 0 Å². The highest BCUT2D eigenvalue weighted by molar-refractivity contribution is 7.15. The number of anilines is 2. The van der Waals surface area contributed by atoms with Crippen molar-refractivity contribution >= 4 is 34.2 Å². The topological polar surface area (TPSA) is 121 Å². The zero-order valence-electron chi connectivity index (χ0n) is 24.9. The average molecular weight is 635 g/mol. The second-order valence-electron chi connectivity index (χ2n) is 11.5. The van der Waals surface area contributed by atoms with Gasteiger partial charge >= 0.3 is 12.1 Å². The van der Waals surface area contributed by atoms with Gasteiger partial charge in [-0.05, 0) is 50.6 Å². The van der Waals surface area contributed by atoms with Crippen LogP contribution in [0.15, 0.2) is 35.9 Å². The molecule has 14 heteroatoms. The third kappa shape index (κ3) is 6.90. The number of alkyl halides is 3. The summed E-state index contributed by atoms with van der Waals surface area (Å²) in [5, 5.41) is 12.3. The van der Waals surface area contributed by atoms with Crippen molar-refractivity contribution in [2.45, 2.75) is 70.6 Å². The zero-order valence-corrected chi connectivity index (χ0v) is 25.7. The number of piperidine rings is 1. The molecule has 0 spiro atoms. The number of allylic oxidation sites excluding steroid dienone is 3. The molecule has 2 aromatic rings. The first-order valence-corrected chi connectivity index (χ1v) is 15.7. The molecule has 238 valence electrons. The van der Waals surface area contributed by atoms with E-state index in [1.165, 1.54) is 43.0 Å². The molecule has 0 aromatic carbocycles. The lowest BCUT2D eigenvalue weighted by molar-refractivity contribution is -0.142. The van der Waals surface area contributed by atoms with E-state index >= 15 is 0 Å². The molecular formula is C30H37F3N6O4S. The van der Waals surface area contributed by atoms with E-state index < -0.39 is 29.5 Å². The van der Waals surface area contributed by atoms with E-state index in [0.717, 1.165) is 30.7 Å². The summed E-state index contributed by atoms with van der Waals surface area (Å²) in [6.45, 7) is 6.45. The maximum atomic E-state index is 14.0. The fraction of sp³-hybridized carbons (Fsp3) is 0.567. The first-order valence-electron chi connectivity index (χ1n) is 14.9. The summed E-state index contributed by atoms with van der Waals surface area (Å²) in [7, 11) is 1.23. The number of carbonyl (C=O) groups is 2. The SMILES string of the molecule is CC[C@@H]1CCCN1Cc1sc(NC(=O)c2cnc(N3CCC(C(=O)O)CC3)cn2)nc1C1C=C(C(F)(F)F)C(OC)=CC1C. The Hall–Kier alpha value is -3.52. The molecule has 3 aliphatic rings. The van der Waals surface area contributed by atoms with Crippen molar-refractivity contribution in [3.8, 4) is 0 Å². The summed E-state index contributed by atoms with van der Waals surface area (Å²) in [6, 6.07) is 0.386. The fourth-order valence-electron chi connectivity index (χ4n) is 6.25. The number of amides is 1. The predicted octanol–water partition coefficient (Wildman–Crippen LogP) is 5.61. The lowest BCUT2D eigenvalue weighted by Gasteiger charge is -2.30. The van der Waals surface area contributed by atoms with Gasteiger partial charge in [-0.1, -0.05) is 19.9 Å². The van der Waals surface area contributed by atoms with Gasteiger partial charge in [-0.3, -0.25) is 19.8 Å². The van der Waals surface area contributed by atoms with Crippen LogP contribution in [0.25, 0.3) is 0 Å².